The molecule has 7 heteroatoms. The van der Waals surface area contributed by atoms with Crippen molar-refractivity contribution in [2.45, 2.75) is 13.8 Å². The molecule has 4 aromatic rings. The first kappa shape index (κ1) is 19.4. The van der Waals surface area contributed by atoms with Crippen molar-refractivity contribution in [2.24, 2.45) is 0 Å². The third kappa shape index (κ3) is 3.96. The quantitative estimate of drug-likeness (QED) is 0.475. The van der Waals surface area contributed by atoms with E-state index in [0.29, 0.717) is 23.1 Å². The smallest absolute Gasteiger partial charge is 0.162 e. The van der Waals surface area contributed by atoms with Gasteiger partial charge in [-0.3, -0.25) is 4.98 Å². The molecular weight excluding hydrogens is 380 g/mol. The summed E-state index contributed by atoms with van der Waals surface area (Å²) in [4.78, 5) is 13.0. The number of nitrogens with zero attached hydrogens (tertiary/aromatic N) is 3. The van der Waals surface area contributed by atoms with E-state index < -0.39 is 0 Å². The number of anilines is 2. The summed E-state index contributed by atoms with van der Waals surface area (Å²) in [7, 11) is 3.20. The number of fused-ring (bicyclic) bond motifs is 1. The minimum atomic E-state index is 0.620. The van der Waals surface area contributed by atoms with Crippen LogP contribution in [0.15, 0.2) is 55.0 Å². The standard InChI is InChI=1S/C23H22N4O3/c1-14-9-16(6-8-20(14)30-17-7-5-15(2)24-12-17)27-23-18-10-21(28-3)22(29-4)11-19(18)25-13-26-23/h5-13H,1-4H3,(H,25,26,27). The van der Waals surface area contributed by atoms with Gasteiger partial charge in [-0.1, -0.05) is 0 Å². The van der Waals surface area contributed by atoms with E-state index in [-0.39, 0.29) is 0 Å². The summed E-state index contributed by atoms with van der Waals surface area (Å²) < 4.78 is 16.7. The number of hydrogen-bond donors (Lipinski definition) is 1. The van der Waals surface area contributed by atoms with Gasteiger partial charge in [0.15, 0.2) is 11.5 Å². The summed E-state index contributed by atoms with van der Waals surface area (Å²) in [5, 5.41) is 4.19. The zero-order valence-electron chi connectivity index (χ0n) is 17.3. The molecule has 0 saturated heterocycles. The highest BCUT2D eigenvalue weighted by Gasteiger charge is 2.12. The van der Waals surface area contributed by atoms with E-state index in [1.165, 1.54) is 6.33 Å². The molecule has 0 spiro atoms. The molecule has 0 bridgehead atoms. The van der Waals surface area contributed by atoms with Crippen LogP contribution in [-0.4, -0.2) is 29.2 Å². The van der Waals surface area contributed by atoms with Crippen LogP contribution >= 0.6 is 0 Å². The second-order valence-electron chi connectivity index (χ2n) is 6.79. The molecule has 0 aliphatic rings. The number of methoxy groups -OCH3 is 2. The van der Waals surface area contributed by atoms with Gasteiger partial charge in [0.2, 0.25) is 0 Å². The molecule has 0 radical (unpaired) electrons. The van der Waals surface area contributed by atoms with Crippen LogP contribution in [-0.2, 0) is 0 Å². The number of ether oxygens (including phenoxy) is 3. The van der Waals surface area contributed by atoms with E-state index >= 15 is 0 Å². The number of pyridine rings is 1. The molecule has 2 heterocycles. The molecule has 2 aromatic carbocycles. The van der Waals surface area contributed by atoms with Crippen molar-refractivity contribution in [3.63, 3.8) is 0 Å². The largest absolute Gasteiger partial charge is 0.493 e. The zero-order chi connectivity index (χ0) is 21.1. The first-order chi connectivity index (χ1) is 14.6. The van der Waals surface area contributed by atoms with Crippen molar-refractivity contribution in [1.29, 1.82) is 0 Å². The summed E-state index contributed by atoms with van der Waals surface area (Å²) in [5.74, 6) is 3.39. The van der Waals surface area contributed by atoms with Gasteiger partial charge < -0.3 is 19.5 Å². The molecule has 1 N–H and O–H groups in total. The van der Waals surface area contributed by atoms with Crippen LogP contribution in [0.2, 0.25) is 0 Å². The van der Waals surface area contributed by atoms with Crippen molar-refractivity contribution in [3.05, 3.63) is 66.2 Å². The Labute approximate surface area is 174 Å². The van der Waals surface area contributed by atoms with Gasteiger partial charge in [-0.05, 0) is 55.8 Å². The number of aromatic nitrogens is 3. The Kier molecular flexibility index (Phi) is 5.34. The normalized spacial score (nSPS) is 10.7. The van der Waals surface area contributed by atoms with E-state index in [2.05, 4.69) is 20.3 Å². The SMILES string of the molecule is COc1cc2ncnc(Nc3ccc(Oc4ccc(C)nc4)c(C)c3)c2cc1OC. The lowest BCUT2D eigenvalue weighted by Crippen LogP contribution is -1.98. The Morgan fingerprint density at radius 3 is 2.30 bits per heavy atom. The Hall–Kier alpha value is -3.87. The van der Waals surface area contributed by atoms with Crippen LogP contribution in [0.1, 0.15) is 11.3 Å². The summed E-state index contributed by atoms with van der Waals surface area (Å²) in [5.41, 5.74) is 3.58. The molecule has 0 amide bonds. The van der Waals surface area contributed by atoms with Crippen LogP contribution in [0.5, 0.6) is 23.0 Å². The summed E-state index contributed by atoms with van der Waals surface area (Å²) in [6, 6.07) is 13.4. The van der Waals surface area contributed by atoms with E-state index in [1.807, 2.05) is 56.3 Å². The highest BCUT2D eigenvalue weighted by molar-refractivity contribution is 5.93. The maximum absolute atomic E-state index is 5.95. The highest BCUT2D eigenvalue weighted by atomic mass is 16.5. The highest BCUT2D eigenvalue weighted by Crippen LogP contribution is 2.35. The first-order valence-electron chi connectivity index (χ1n) is 9.42. The minimum absolute atomic E-state index is 0.620. The average molecular weight is 402 g/mol. The van der Waals surface area contributed by atoms with Crippen LogP contribution in [0.25, 0.3) is 10.9 Å². The molecule has 0 fully saturated rings. The van der Waals surface area contributed by atoms with Crippen molar-refractivity contribution >= 4 is 22.4 Å². The molecule has 30 heavy (non-hydrogen) atoms. The number of benzene rings is 2. The fourth-order valence-electron chi connectivity index (χ4n) is 3.10. The van der Waals surface area contributed by atoms with Crippen LogP contribution in [0, 0.1) is 13.8 Å². The van der Waals surface area contributed by atoms with Crippen molar-refractivity contribution in [1.82, 2.24) is 15.0 Å². The fraction of sp³-hybridized carbons (Fsp3) is 0.174. The molecule has 0 aliphatic heterocycles. The Morgan fingerprint density at radius 1 is 0.800 bits per heavy atom. The van der Waals surface area contributed by atoms with Crippen LogP contribution in [0.4, 0.5) is 11.5 Å². The third-order valence-corrected chi connectivity index (χ3v) is 4.69. The van der Waals surface area contributed by atoms with Gasteiger partial charge in [-0.15, -0.1) is 0 Å². The second kappa shape index (κ2) is 8.24. The fourth-order valence-corrected chi connectivity index (χ4v) is 3.10. The lowest BCUT2D eigenvalue weighted by atomic mass is 10.1. The predicted molar refractivity (Wildman–Crippen MR) is 116 cm³/mol. The Bertz CT molecular complexity index is 1190. The molecule has 0 unspecified atom stereocenters. The summed E-state index contributed by atoms with van der Waals surface area (Å²) in [6.45, 7) is 3.94. The molecule has 0 atom stereocenters. The van der Waals surface area contributed by atoms with Crippen molar-refractivity contribution < 1.29 is 14.2 Å². The number of aryl methyl sites for hydroxylation is 2. The maximum Gasteiger partial charge on any atom is 0.162 e. The lowest BCUT2D eigenvalue weighted by Gasteiger charge is -2.14. The average Bonchev–Trinajstić information content (AvgIpc) is 2.76. The van der Waals surface area contributed by atoms with Crippen molar-refractivity contribution in [2.75, 3.05) is 19.5 Å². The molecule has 0 saturated carbocycles. The van der Waals surface area contributed by atoms with E-state index in [0.717, 1.165) is 33.6 Å². The molecule has 2 aromatic heterocycles. The molecule has 0 aliphatic carbocycles. The first-order valence-corrected chi connectivity index (χ1v) is 9.42. The van der Waals surface area contributed by atoms with Gasteiger partial charge in [0.05, 0.1) is 25.9 Å². The van der Waals surface area contributed by atoms with E-state index in [1.54, 1.807) is 20.4 Å². The lowest BCUT2D eigenvalue weighted by molar-refractivity contribution is 0.356. The third-order valence-electron chi connectivity index (χ3n) is 4.69. The minimum Gasteiger partial charge on any atom is -0.493 e. The number of nitrogens with one attached hydrogen (secondary N) is 1. The number of hydrogen-bond acceptors (Lipinski definition) is 7. The molecule has 152 valence electrons. The van der Waals surface area contributed by atoms with Gasteiger partial charge in [-0.25, -0.2) is 9.97 Å². The number of rotatable bonds is 6. The van der Waals surface area contributed by atoms with Crippen LogP contribution < -0.4 is 19.5 Å². The van der Waals surface area contributed by atoms with Gasteiger partial charge >= 0.3 is 0 Å². The summed E-state index contributed by atoms with van der Waals surface area (Å²) in [6.07, 6.45) is 3.24. The van der Waals surface area contributed by atoms with Crippen LogP contribution in [0.3, 0.4) is 0 Å². The summed E-state index contributed by atoms with van der Waals surface area (Å²) >= 11 is 0. The van der Waals surface area contributed by atoms with Gasteiger partial charge in [0.1, 0.15) is 23.6 Å². The Morgan fingerprint density at radius 2 is 1.60 bits per heavy atom. The maximum atomic E-state index is 5.95. The Balaban J connectivity index is 1.62. The predicted octanol–water partition coefficient (Wildman–Crippen LogP) is 5.19. The zero-order valence-corrected chi connectivity index (χ0v) is 17.3. The van der Waals surface area contributed by atoms with E-state index in [4.69, 9.17) is 14.2 Å². The molecule has 4 rings (SSSR count). The van der Waals surface area contributed by atoms with Gasteiger partial charge in [-0.2, -0.15) is 0 Å². The molecule has 7 nitrogen and oxygen atoms in total. The van der Waals surface area contributed by atoms with E-state index in [9.17, 15) is 0 Å². The second-order valence-corrected chi connectivity index (χ2v) is 6.79. The van der Waals surface area contributed by atoms with Gasteiger partial charge in [0, 0.05) is 22.8 Å². The van der Waals surface area contributed by atoms with Crippen molar-refractivity contribution in [3.8, 4) is 23.0 Å². The topological polar surface area (TPSA) is 78.4 Å². The molecular formula is C23H22N4O3. The van der Waals surface area contributed by atoms with Gasteiger partial charge in [0.25, 0.3) is 0 Å². The monoisotopic (exact) mass is 402 g/mol.